The van der Waals surface area contributed by atoms with Gasteiger partial charge in [0.15, 0.2) is 0 Å². The third-order valence-electron chi connectivity index (χ3n) is 4.24. The van der Waals surface area contributed by atoms with Crippen molar-refractivity contribution in [3.8, 4) is 5.75 Å². The number of ether oxygens (including phenoxy) is 1. The van der Waals surface area contributed by atoms with Crippen molar-refractivity contribution >= 4 is 29.1 Å². The Balaban J connectivity index is 1.88. The number of anilines is 1. The van der Waals surface area contributed by atoms with Crippen molar-refractivity contribution in [2.24, 2.45) is 0 Å². The van der Waals surface area contributed by atoms with E-state index in [9.17, 15) is 9.59 Å². The van der Waals surface area contributed by atoms with E-state index in [1.807, 2.05) is 0 Å². The molecule has 1 aromatic heterocycles. The molecule has 2 aromatic rings. The lowest BCUT2D eigenvalue weighted by molar-refractivity contribution is -0.129. The van der Waals surface area contributed by atoms with Crippen LogP contribution < -0.4 is 10.1 Å². The fraction of sp³-hybridized carbons (Fsp3) is 0.278. The van der Waals surface area contributed by atoms with Gasteiger partial charge in [0.05, 0.1) is 18.4 Å². The van der Waals surface area contributed by atoms with Crippen LogP contribution in [0.15, 0.2) is 30.6 Å². The molecule has 0 atom stereocenters. The molecule has 1 aliphatic rings. The van der Waals surface area contributed by atoms with Crippen LogP contribution in [0.4, 0.5) is 5.69 Å². The van der Waals surface area contributed by atoms with E-state index in [1.165, 1.54) is 7.11 Å². The Hall–Kier alpha value is -2.60. The highest BCUT2D eigenvalue weighted by atomic mass is 35.5. The predicted molar refractivity (Wildman–Crippen MR) is 95.0 cm³/mol. The van der Waals surface area contributed by atoms with Gasteiger partial charge >= 0.3 is 0 Å². The van der Waals surface area contributed by atoms with Gasteiger partial charge in [0.25, 0.3) is 5.91 Å². The first-order valence-corrected chi connectivity index (χ1v) is 8.23. The molecule has 2 amide bonds. The number of pyridine rings is 1. The first kappa shape index (κ1) is 17.2. The highest BCUT2D eigenvalue weighted by Crippen LogP contribution is 2.29. The molecule has 0 bridgehead atoms. The Morgan fingerprint density at radius 1 is 1.32 bits per heavy atom. The Morgan fingerprint density at radius 2 is 2.12 bits per heavy atom. The number of carbonyl (C=O) groups excluding carboxylic acids is 2. The van der Waals surface area contributed by atoms with Crippen molar-refractivity contribution in [2.75, 3.05) is 19.0 Å². The van der Waals surface area contributed by atoms with Gasteiger partial charge in [-0.25, -0.2) is 0 Å². The van der Waals surface area contributed by atoms with E-state index >= 15 is 0 Å². The molecule has 7 heteroatoms. The third kappa shape index (κ3) is 3.58. The summed E-state index contributed by atoms with van der Waals surface area (Å²) < 4.78 is 5.26. The number of nitrogens with zero attached hydrogens (tertiary/aromatic N) is 2. The summed E-state index contributed by atoms with van der Waals surface area (Å²) >= 11 is 6.01. The van der Waals surface area contributed by atoms with Crippen molar-refractivity contribution in [3.05, 3.63) is 52.3 Å². The molecule has 0 aliphatic carbocycles. The van der Waals surface area contributed by atoms with Crippen LogP contribution in [0.25, 0.3) is 0 Å². The summed E-state index contributed by atoms with van der Waals surface area (Å²) in [5.74, 6) is 0.267. The number of hydrogen-bond donors (Lipinski definition) is 1. The van der Waals surface area contributed by atoms with Crippen molar-refractivity contribution in [3.63, 3.8) is 0 Å². The summed E-state index contributed by atoms with van der Waals surface area (Å²) in [6, 6.07) is 5.03. The van der Waals surface area contributed by atoms with Gasteiger partial charge in [0.1, 0.15) is 5.75 Å². The van der Waals surface area contributed by atoms with Crippen molar-refractivity contribution in [1.82, 2.24) is 9.88 Å². The van der Waals surface area contributed by atoms with Gasteiger partial charge < -0.3 is 15.0 Å². The van der Waals surface area contributed by atoms with Crippen LogP contribution in [-0.4, -0.2) is 35.4 Å². The SMILES string of the molecule is COc1ccc(Cl)cc1NC(=O)c1cncc2c1CCN(C(C)=O)C2. The first-order valence-electron chi connectivity index (χ1n) is 7.85. The lowest BCUT2D eigenvalue weighted by Crippen LogP contribution is -2.35. The minimum atomic E-state index is -0.277. The minimum Gasteiger partial charge on any atom is -0.495 e. The summed E-state index contributed by atoms with van der Waals surface area (Å²) in [5.41, 5.74) is 2.82. The average molecular weight is 360 g/mol. The normalized spacial score (nSPS) is 13.2. The van der Waals surface area contributed by atoms with Gasteiger partial charge in [-0.3, -0.25) is 14.6 Å². The van der Waals surface area contributed by atoms with Gasteiger partial charge in [-0.05, 0) is 35.7 Å². The molecule has 1 aliphatic heterocycles. The molecule has 0 saturated carbocycles. The van der Waals surface area contributed by atoms with Crippen molar-refractivity contribution in [1.29, 1.82) is 0 Å². The van der Waals surface area contributed by atoms with E-state index < -0.39 is 0 Å². The third-order valence-corrected chi connectivity index (χ3v) is 4.47. The number of carbonyl (C=O) groups is 2. The molecule has 1 aromatic carbocycles. The summed E-state index contributed by atoms with van der Waals surface area (Å²) in [6.45, 7) is 2.60. The zero-order valence-electron chi connectivity index (χ0n) is 14.0. The van der Waals surface area contributed by atoms with Gasteiger partial charge in [-0.15, -0.1) is 0 Å². The van der Waals surface area contributed by atoms with Crippen LogP contribution >= 0.6 is 11.6 Å². The van der Waals surface area contributed by atoms with E-state index in [4.69, 9.17) is 16.3 Å². The maximum Gasteiger partial charge on any atom is 0.257 e. The largest absolute Gasteiger partial charge is 0.495 e. The second-order valence-corrected chi connectivity index (χ2v) is 6.25. The summed E-state index contributed by atoms with van der Waals surface area (Å²) in [7, 11) is 1.53. The first-order chi connectivity index (χ1) is 12.0. The van der Waals surface area contributed by atoms with Gasteiger partial charge in [-0.2, -0.15) is 0 Å². The number of nitrogens with one attached hydrogen (secondary N) is 1. The average Bonchev–Trinajstić information content (AvgIpc) is 2.60. The summed E-state index contributed by atoms with van der Waals surface area (Å²) in [5, 5.41) is 3.34. The lowest BCUT2D eigenvalue weighted by atomic mass is 9.96. The second-order valence-electron chi connectivity index (χ2n) is 5.81. The number of fused-ring (bicyclic) bond motifs is 1. The molecule has 6 nitrogen and oxygen atoms in total. The lowest BCUT2D eigenvalue weighted by Gasteiger charge is -2.28. The van der Waals surface area contributed by atoms with Crippen LogP contribution in [0.3, 0.4) is 0 Å². The van der Waals surface area contributed by atoms with Gasteiger partial charge in [0, 0.05) is 37.4 Å². The Kier molecular flexibility index (Phi) is 4.90. The molecule has 0 unspecified atom stereocenters. The molecule has 130 valence electrons. The molecule has 0 radical (unpaired) electrons. The molecular formula is C18H18ClN3O3. The number of benzene rings is 1. The monoisotopic (exact) mass is 359 g/mol. The van der Waals surface area contributed by atoms with Crippen molar-refractivity contribution in [2.45, 2.75) is 19.9 Å². The number of rotatable bonds is 3. The number of halogens is 1. The molecule has 1 N–H and O–H groups in total. The fourth-order valence-electron chi connectivity index (χ4n) is 2.93. The minimum absolute atomic E-state index is 0.0177. The molecule has 2 heterocycles. The Morgan fingerprint density at radius 3 is 2.84 bits per heavy atom. The van der Waals surface area contributed by atoms with E-state index in [-0.39, 0.29) is 11.8 Å². The molecule has 25 heavy (non-hydrogen) atoms. The summed E-state index contributed by atoms with van der Waals surface area (Å²) in [4.78, 5) is 30.2. The topological polar surface area (TPSA) is 71.5 Å². The van der Waals surface area contributed by atoms with Crippen LogP contribution in [0, 0.1) is 0 Å². The predicted octanol–water partition coefficient (Wildman–Crippen LogP) is 2.90. The molecule has 0 saturated heterocycles. The highest BCUT2D eigenvalue weighted by Gasteiger charge is 2.23. The quantitative estimate of drug-likeness (QED) is 0.914. The van der Waals surface area contributed by atoms with E-state index in [2.05, 4.69) is 10.3 Å². The molecule has 0 spiro atoms. The maximum atomic E-state index is 12.8. The van der Waals surface area contributed by atoms with Crippen LogP contribution in [0.2, 0.25) is 5.02 Å². The van der Waals surface area contributed by atoms with E-state index in [0.717, 1.165) is 11.1 Å². The fourth-order valence-corrected chi connectivity index (χ4v) is 3.10. The van der Waals surface area contributed by atoms with E-state index in [0.29, 0.717) is 41.5 Å². The molecular weight excluding hydrogens is 342 g/mol. The van der Waals surface area contributed by atoms with Gasteiger partial charge in [-0.1, -0.05) is 11.6 Å². The zero-order valence-corrected chi connectivity index (χ0v) is 14.8. The molecule has 3 rings (SSSR count). The van der Waals surface area contributed by atoms with Crippen LogP contribution in [-0.2, 0) is 17.8 Å². The van der Waals surface area contributed by atoms with Crippen LogP contribution in [0.5, 0.6) is 5.75 Å². The van der Waals surface area contributed by atoms with Gasteiger partial charge in [0.2, 0.25) is 5.91 Å². The Bertz CT molecular complexity index is 838. The number of methoxy groups -OCH3 is 1. The Labute approximate surface area is 150 Å². The number of hydrogen-bond acceptors (Lipinski definition) is 4. The van der Waals surface area contributed by atoms with Crippen molar-refractivity contribution < 1.29 is 14.3 Å². The summed E-state index contributed by atoms with van der Waals surface area (Å²) in [6.07, 6.45) is 3.88. The molecule has 0 fully saturated rings. The number of amides is 2. The standard InChI is InChI=1S/C18H18ClN3O3/c1-11(23)22-6-5-14-12(10-22)8-20-9-15(14)18(24)21-16-7-13(19)3-4-17(16)25-2/h3-4,7-9H,5-6,10H2,1-2H3,(H,21,24). The maximum absolute atomic E-state index is 12.8. The highest BCUT2D eigenvalue weighted by molar-refractivity contribution is 6.31. The van der Waals surface area contributed by atoms with E-state index in [1.54, 1.807) is 42.4 Å². The zero-order chi connectivity index (χ0) is 18.0. The second kappa shape index (κ2) is 7.11. The van der Waals surface area contributed by atoms with Crippen LogP contribution in [0.1, 0.15) is 28.4 Å². The number of aromatic nitrogens is 1. The smallest absolute Gasteiger partial charge is 0.257 e.